The van der Waals surface area contributed by atoms with Gasteiger partial charge in [-0.3, -0.25) is 4.79 Å². The monoisotopic (exact) mass is 270 g/mol. The number of hydrogen-bond acceptors (Lipinski definition) is 4. The summed E-state index contributed by atoms with van der Waals surface area (Å²) in [6, 6.07) is 6.76. The number of hydrogen-bond donors (Lipinski definition) is 1. The third-order valence-corrected chi connectivity index (χ3v) is 4.67. The van der Waals surface area contributed by atoms with Crippen LogP contribution in [0.4, 0.5) is 0 Å². The fraction of sp³-hybridized carbons (Fsp3) is 0.417. The minimum atomic E-state index is -2.91. The van der Waals surface area contributed by atoms with Crippen LogP contribution in [0.15, 0.2) is 24.3 Å². The summed E-state index contributed by atoms with van der Waals surface area (Å²) in [7, 11) is -2.91. The molecule has 1 saturated heterocycles. The highest BCUT2D eigenvalue weighted by atomic mass is 32.2. The average Bonchev–Trinajstić information content (AvgIpc) is 2.26. The molecule has 0 radical (unpaired) electrons. The van der Waals surface area contributed by atoms with Crippen molar-refractivity contribution >= 4 is 15.8 Å². The first-order valence-electron chi connectivity index (χ1n) is 5.57. The Morgan fingerprint density at radius 2 is 2.11 bits per heavy atom. The molecule has 6 heteroatoms. The topological polar surface area (TPSA) is 80.7 Å². The van der Waals surface area contributed by atoms with Crippen molar-refractivity contribution in [1.82, 2.24) is 0 Å². The highest BCUT2D eigenvalue weighted by Crippen LogP contribution is 2.24. The Balaban J connectivity index is 2.06. The van der Waals surface area contributed by atoms with Gasteiger partial charge in [0.05, 0.1) is 17.4 Å². The van der Waals surface area contributed by atoms with E-state index in [1.54, 1.807) is 31.2 Å². The zero-order chi connectivity index (χ0) is 13.3. The molecular weight excluding hydrogens is 256 g/mol. The van der Waals surface area contributed by atoms with E-state index in [-0.39, 0.29) is 17.6 Å². The van der Waals surface area contributed by atoms with Gasteiger partial charge in [0.25, 0.3) is 0 Å². The SMILES string of the molecule is CC(C(=O)O)c1cccc(OC2CS(=O)(=O)C2)c1. The van der Waals surface area contributed by atoms with Gasteiger partial charge in [-0.25, -0.2) is 8.42 Å². The molecule has 0 aromatic heterocycles. The molecule has 1 unspecified atom stereocenters. The molecule has 1 aliphatic rings. The Kier molecular flexibility index (Phi) is 3.30. The number of aliphatic carboxylic acids is 1. The lowest BCUT2D eigenvalue weighted by Gasteiger charge is -2.26. The van der Waals surface area contributed by atoms with Gasteiger partial charge in [-0.15, -0.1) is 0 Å². The quantitative estimate of drug-likeness (QED) is 0.884. The molecule has 1 heterocycles. The molecule has 0 saturated carbocycles. The van der Waals surface area contributed by atoms with Crippen molar-refractivity contribution in [1.29, 1.82) is 0 Å². The minimum Gasteiger partial charge on any atom is -0.488 e. The lowest BCUT2D eigenvalue weighted by Crippen LogP contribution is -2.45. The molecule has 98 valence electrons. The predicted molar refractivity (Wildman–Crippen MR) is 65.6 cm³/mol. The van der Waals surface area contributed by atoms with E-state index in [0.717, 1.165) is 0 Å². The Hall–Kier alpha value is -1.56. The van der Waals surface area contributed by atoms with Crippen LogP contribution in [0.2, 0.25) is 0 Å². The Morgan fingerprint density at radius 3 is 2.67 bits per heavy atom. The molecule has 0 bridgehead atoms. The predicted octanol–water partition coefficient (Wildman–Crippen LogP) is 1.05. The molecule has 0 amide bonds. The van der Waals surface area contributed by atoms with Gasteiger partial charge in [-0.1, -0.05) is 12.1 Å². The Morgan fingerprint density at radius 1 is 1.44 bits per heavy atom. The van der Waals surface area contributed by atoms with Crippen molar-refractivity contribution < 1.29 is 23.1 Å². The molecule has 0 spiro atoms. The molecular formula is C12H14O5S. The fourth-order valence-electron chi connectivity index (χ4n) is 1.78. The van der Waals surface area contributed by atoms with Crippen LogP contribution < -0.4 is 4.74 Å². The normalized spacial score (nSPS) is 19.8. The third kappa shape index (κ3) is 2.81. The van der Waals surface area contributed by atoms with E-state index in [4.69, 9.17) is 9.84 Å². The largest absolute Gasteiger partial charge is 0.488 e. The molecule has 1 aromatic carbocycles. The van der Waals surface area contributed by atoms with E-state index >= 15 is 0 Å². The van der Waals surface area contributed by atoms with Crippen LogP contribution in [0.25, 0.3) is 0 Å². The molecule has 1 fully saturated rings. The van der Waals surface area contributed by atoms with Gasteiger partial charge in [0.2, 0.25) is 0 Å². The highest BCUT2D eigenvalue weighted by Gasteiger charge is 2.35. The second-order valence-electron chi connectivity index (χ2n) is 4.45. The zero-order valence-corrected chi connectivity index (χ0v) is 10.7. The maximum absolute atomic E-state index is 11.0. The van der Waals surface area contributed by atoms with Gasteiger partial charge in [0.1, 0.15) is 11.9 Å². The maximum atomic E-state index is 11.0. The van der Waals surface area contributed by atoms with E-state index in [0.29, 0.717) is 11.3 Å². The molecule has 1 N–H and O–H groups in total. The summed E-state index contributed by atoms with van der Waals surface area (Å²) in [5, 5.41) is 8.91. The van der Waals surface area contributed by atoms with Crippen LogP contribution in [0.3, 0.4) is 0 Å². The number of ether oxygens (including phenoxy) is 1. The van der Waals surface area contributed by atoms with Crippen LogP contribution >= 0.6 is 0 Å². The molecule has 2 rings (SSSR count). The zero-order valence-electron chi connectivity index (χ0n) is 9.87. The molecule has 18 heavy (non-hydrogen) atoms. The first-order chi connectivity index (χ1) is 8.37. The lowest BCUT2D eigenvalue weighted by atomic mass is 10.0. The number of rotatable bonds is 4. The van der Waals surface area contributed by atoms with Gasteiger partial charge in [-0.2, -0.15) is 0 Å². The van der Waals surface area contributed by atoms with Gasteiger partial charge in [-0.05, 0) is 24.6 Å². The van der Waals surface area contributed by atoms with Crippen molar-refractivity contribution in [2.45, 2.75) is 18.9 Å². The standard InChI is InChI=1S/C12H14O5S/c1-8(12(13)14)9-3-2-4-10(5-9)17-11-6-18(15,16)7-11/h2-5,8,11H,6-7H2,1H3,(H,13,14). The van der Waals surface area contributed by atoms with E-state index in [9.17, 15) is 13.2 Å². The molecule has 1 aliphatic heterocycles. The summed E-state index contributed by atoms with van der Waals surface area (Å²) >= 11 is 0. The van der Waals surface area contributed by atoms with Crippen LogP contribution in [0.5, 0.6) is 5.75 Å². The fourth-order valence-corrected chi connectivity index (χ4v) is 2.95. The highest BCUT2D eigenvalue weighted by molar-refractivity contribution is 7.92. The van der Waals surface area contributed by atoms with Gasteiger partial charge < -0.3 is 9.84 Å². The number of carboxylic acids is 1. The first kappa shape index (κ1) is 12.9. The van der Waals surface area contributed by atoms with E-state index in [1.807, 2.05) is 0 Å². The number of benzene rings is 1. The maximum Gasteiger partial charge on any atom is 0.310 e. The van der Waals surface area contributed by atoms with Gasteiger partial charge >= 0.3 is 5.97 Å². The van der Waals surface area contributed by atoms with Crippen molar-refractivity contribution in [3.05, 3.63) is 29.8 Å². The van der Waals surface area contributed by atoms with Crippen molar-refractivity contribution in [3.8, 4) is 5.75 Å². The Bertz CT molecular complexity index is 552. The molecule has 1 atom stereocenters. The first-order valence-corrected chi connectivity index (χ1v) is 7.39. The average molecular weight is 270 g/mol. The van der Waals surface area contributed by atoms with Gasteiger partial charge in [0.15, 0.2) is 9.84 Å². The van der Waals surface area contributed by atoms with Crippen LogP contribution in [0, 0.1) is 0 Å². The van der Waals surface area contributed by atoms with E-state index in [1.165, 1.54) is 0 Å². The second-order valence-corrected chi connectivity index (χ2v) is 6.60. The number of carbonyl (C=O) groups is 1. The van der Waals surface area contributed by atoms with E-state index in [2.05, 4.69) is 0 Å². The van der Waals surface area contributed by atoms with Crippen LogP contribution in [-0.4, -0.2) is 37.1 Å². The minimum absolute atomic E-state index is 0.0334. The van der Waals surface area contributed by atoms with E-state index < -0.39 is 21.7 Å². The van der Waals surface area contributed by atoms with Crippen molar-refractivity contribution in [2.75, 3.05) is 11.5 Å². The summed E-state index contributed by atoms with van der Waals surface area (Å²) in [6.45, 7) is 1.59. The number of sulfone groups is 1. The summed E-state index contributed by atoms with van der Waals surface area (Å²) < 4.78 is 27.5. The molecule has 0 aliphatic carbocycles. The smallest absolute Gasteiger partial charge is 0.310 e. The van der Waals surface area contributed by atoms with Crippen molar-refractivity contribution in [2.24, 2.45) is 0 Å². The molecule has 1 aromatic rings. The van der Waals surface area contributed by atoms with Gasteiger partial charge in [0, 0.05) is 0 Å². The lowest BCUT2D eigenvalue weighted by molar-refractivity contribution is -0.138. The third-order valence-electron chi connectivity index (χ3n) is 2.91. The summed E-state index contributed by atoms with van der Waals surface area (Å²) in [4.78, 5) is 10.9. The molecule has 5 nitrogen and oxygen atoms in total. The van der Waals surface area contributed by atoms with Crippen LogP contribution in [-0.2, 0) is 14.6 Å². The summed E-state index contributed by atoms with van der Waals surface area (Å²) in [5.74, 6) is -0.935. The second kappa shape index (κ2) is 4.61. The van der Waals surface area contributed by atoms with Crippen molar-refractivity contribution in [3.63, 3.8) is 0 Å². The summed E-state index contributed by atoms with van der Waals surface area (Å²) in [5.41, 5.74) is 0.641. The summed E-state index contributed by atoms with van der Waals surface area (Å²) in [6.07, 6.45) is -0.314. The number of carboxylic acid groups (broad SMARTS) is 1. The van der Waals surface area contributed by atoms with Crippen LogP contribution in [0.1, 0.15) is 18.4 Å². The Labute approximate surface area is 105 Å².